The topological polar surface area (TPSA) is 9.23 Å². The van der Waals surface area contributed by atoms with Gasteiger partial charge in [-0.3, -0.25) is 0 Å². The van der Waals surface area contributed by atoms with Crippen molar-refractivity contribution in [2.75, 3.05) is 0 Å². The zero-order valence-corrected chi connectivity index (χ0v) is 5.70. The van der Waals surface area contributed by atoms with E-state index in [4.69, 9.17) is 11.6 Å². The summed E-state index contributed by atoms with van der Waals surface area (Å²) in [4.78, 5) is 0. The van der Waals surface area contributed by atoms with Crippen LogP contribution < -0.4 is 0 Å². The van der Waals surface area contributed by atoms with Crippen LogP contribution in [0.1, 0.15) is 13.8 Å². The molecule has 2 heteroatoms. The highest BCUT2D eigenvalue weighted by molar-refractivity contribution is 6.22. The molecule has 8 heavy (non-hydrogen) atoms. The Morgan fingerprint density at radius 1 is 1.75 bits per heavy atom. The van der Waals surface area contributed by atoms with Crippen LogP contribution in [0.5, 0.6) is 0 Å². The summed E-state index contributed by atoms with van der Waals surface area (Å²) in [6, 6.07) is 0. The van der Waals surface area contributed by atoms with Crippen LogP contribution in [0, 0.1) is 18.6 Å². The molecule has 1 atom stereocenters. The Labute approximate surface area is 55.0 Å². The Balaban J connectivity index is 3.20. The molecule has 0 aromatic carbocycles. The largest absolute Gasteiger partial charge is 0.440 e. The van der Waals surface area contributed by atoms with Crippen LogP contribution in [-0.4, -0.2) is 5.38 Å². The van der Waals surface area contributed by atoms with Crippen molar-refractivity contribution in [3.63, 3.8) is 0 Å². The van der Waals surface area contributed by atoms with E-state index in [1.165, 1.54) is 6.61 Å². The minimum absolute atomic E-state index is 0.130. The molecule has 1 radical (unpaired) electrons. The molecule has 0 saturated carbocycles. The average Bonchev–Trinajstić information content (AvgIpc) is 1.66. The Morgan fingerprint density at radius 2 is 2.38 bits per heavy atom. The normalized spacial score (nSPS) is 11.4. The molecule has 0 rings (SSSR count). The molecule has 0 amide bonds. The fourth-order valence-corrected chi connectivity index (χ4v) is 0.219. The van der Waals surface area contributed by atoms with E-state index in [1.807, 2.05) is 0 Å². The zero-order valence-electron chi connectivity index (χ0n) is 4.94. The van der Waals surface area contributed by atoms with Crippen LogP contribution in [0.4, 0.5) is 0 Å². The van der Waals surface area contributed by atoms with Gasteiger partial charge in [-0.2, -0.15) is 0 Å². The lowest BCUT2D eigenvalue weighted by atomic mass is 10.5. The van der Waals surface area contributed by atoms with Gasteiger partial charge in [-0.1, -0.05) is 0 Å². The molecule has 0 bridgehead atoms. The van der Waals surface area contributed by atoms with Gasteiger partial charge in [0.2, 0.25) is 0 Å². The smallest absolute Gasteiger partial charge is 0.145 e. The number of ether oxygens (including phenoxy) is 1. The molecule has 0 aromatic rings. The summed E-state index contributed by atoms with van der Waals surface area (Å²) in [6.07, 6.45) is 2.40. The van der Waals surface area contributed by atoms with Crippen molar-refractivity contribution in [3.8, 4) is 12.0 Å². The molecule has 0 aliphatic heterocycles. The fourth-order valence-electron chi connectivity index (χ4n) is 0.174. The molecular formula is C6H8ClO. The lowest BCUT2D eigenvalue weighted by Crippen LogP contribution is -1.82. The van der Waals surface area contributed by atoms with Crippen molar-refractivity contribution in [2.45, 2.75) is 19.2 Å². The molecule has 0 aromatic heterocycles. The van der Waals surface area contributed by atoms with Gasteiger partial charge in [-0.25, -0.2) is 0 Å². The average molecular weight is 132 g/mol. The summed E-state index contributed by atoms with van der Waals surface area (Å²) in [5.74, 6) is 2.61. The lowest BCUT2D eigenvalue weighted by molar-refractivity contribution is 0.375. The van der Waals surface area contributed by atoms with Crippen LogP contribution >= 0.6 is 11.6 Å². The third-order valence-corrected chi connectivity index (χ3v) is 0.544. The highest BCUT2D eigenvalue weighted by atomic mass is 35.5. The molecule has 0 aliphatic carbocycles. The number of hydrogen-bond donors (Lipinski definition) is 0. The van der Waals surface area contributed by atoms with E-state index in [1.54, 1.807) is 13.8 Å². The minimum atomic E-state index is -0.130. The quantitative estimate of drug-likeness (QED) is 0.389. The fraction of sp³-hybridized carbons (Fsp3) is 0.500. The van der Waals surface area contributed by atoms with Crippen molar-refractivity contribution in [1.29, 1.82) is 0 Å². The first-order chi connectivity index (χ1) is 3.77. The molecule has 1 nitrogen and oxygen atoms in total. The highest BCUT2D eigenvalue weighted by Crippen LogP contribution is 1.88. The van der Waals surface area contributed by atoms with Gasteiger partial charge < -0.3 is 4.74 Å². The Bertz CT molecular complexity index is 98.8. The van der Waals surface area contributed by atoms with E-state index in [0.29, 0.717) is 0 Å². The summed E-state index contributed by atoms with van der Waals surface area (Å²) in [6.45, 7) is 5.05. The predicted molar refractivity (Wildman–Crippen MR) is 34.1 cm³/mol. The second kappa shape index (κ2) is 4.80. The second-order valence-electron chi connectivity index (χ2n) is 1.22. The highest BCUT2D eigenvalue weighted by Gasteiger charge is 1.82. The summed E-state index contributed by atoms with van der Waals surface area (Å²) in [5, 5.41) is -0.130. The van der Waals surface area contributed by atoms with Crippen molar-refractivity contribution in [3.05, 3.63) is 6.61 Å². The molecule has 0 spiro atoms. The van der Waals surface area contributed by atoms with Gasteiger partial charge in [0, 0.05) is 0 Å². The van der Waals surface area contributed by atoms with Gasteiger partial charge in [0.25, 0.3) is 0 Å². The Hall–Kier alpha value is -0.350. The number of halogens is 1. The standard InChI is InChI=1S/C6H8ClO/c1-3-8-5-4-6(2)7/h3,6H,1-2H3. The summed E-state index contributed by atoms with van der Waals surface area (Å²) in [7, 11) is 0. The number of alkyl halides is 1. The van der Waals surface area contributed by atoms with E-state index < -0.39 is 0 Å². The van der Waals surface area contributed by atoms with Crippen molar-refractivity contribution in [2.24, 2.45) is 0 Å². The third-order valence-electron chi connectivity index (χ3n) is 0.435. The first-order valence-corrected chi connectivity index (χ1v) is 2.79. The van der Waals surface area contributed by atoms with E-state index >= 15 is 0 Å². The van der Waals surface area contributed by atoms with Crippen LogP contribution in [0.2, 0.25) is 0 Å². The van der Waals surface area contributed by atoms with Crippen LogP contribution in [0.25, 0.3) is 0 Å². The number of rotatable bonds is 1. The SMILES string of the molecule is C[CH]OC#CC(C)Cl. The first kappa shape index (κ1) is 7.65. The van der Waals surface area contributed by atoms with Crippen LogP contribution in [-0.2, 0) is 4.74 Å². The van der Waals surface area contributed by atoms with Crippen molar-refractivity contribution < 1.29 is 4.74 Å². The third kappa shape index (κ3) is 5.65. The Kier molecular flexibility index (Phi) is 4.59. The predicted octanol–water partition coefficient (Wildman–Crippen LogP) is 1.77. The molecule has 0 heterocycles. The van der Waals surface area contributed by atoms with Gasteiger partial charge in [0.05, 0.1) is 5.38 Å². The zero-order chi connectivity index (χ0) is 6.41. The minimum Gasteiger partial charge on any atom is -0.440 e. The summed E-state index contributed by atoms with van der Waals surface area (Å²) < 4.78 is 4.57. The maximum Gasteiger partial charge on any atom is 0.145 e. The molecule has 0 saturated heterocycles. The van der Waals surface area contributed by atoms with E-state index in [9.17, 15) is 0 Å². The molecule has 0 aliphatic rings. The van der Waals surface area contributed by atoms with Crippen molar-refractivity contribution >= 4 is 11.6 Å². The Morgan fingerprint density at radius 3 is 2.75 bits per heavy atom. The lowest BCUT2D eigenvalue weighted by Gasteiger charge is -1.85. The van der Waals surface area contributed by atoms with Crippen LogP contribution in [0.15, 0.2) is 0 Å². The molecule has 0 fully saturated rings. The number of hydrogen-bond acceptors (Lipinski definition) is 1. The van der Waals surface area contributed by atoms with Crippen LogP contribution in [0.3, 0.4) is 0 Å². The molecule has 0 N–H and O–H groups in total. The molecule has 45 valence electrons. The summed E-state index contributed by atoms with van der Waals surface area (Å²) in [5.41, 5.74) is 0. The molecule has 1 unspecified atom stereocenters. The van der Waals surface area contributed by atoms with Crippen molar-refractivity contribution in [1.82, 2.24) is 0 Å². The monoisotopic (exact) mass is 131 g/mol. The van der Waals surface area contributed by atoms with Gasteiger partial charge >= 0.3 is 0 Å². The summed E-state index contributed by atoms with van der Waals surface area (Å²) >= 11 is 5.45. The van der Waals surface area contributed by atoms with Gasteiger partial charge in [-0.05, 0) is 19.8 Å². The second-order valence-corrected chi connectivity index (χ2v) is 1.87. The molecular weight excluding hydrogens is 124 g/mol. The van der Waals surface area contributed by atoms with Gasteiger partial charge in [-0.15, -0.1) is 11.6 Å². The van der Waals surface area contributed by atoms with E-state index in [2.05, 4.69) is 16.8 Å². The van der Waals surface area contributed by atoms with Gasteiger partial charge in [0.15, 0.2) is 0 Å². The van der Waals surface area contributed by atoms with Gasteiger partial charge in [0.1, 0.15) is 12.7 Å². The first-order valence-electron chi connectivity index (χ1n) is 2.35. The van der Waals surface area contributed by atoms with E-state index in [-0.39, 0.29) is 5.38 Å². The maximum absolute atomic E-state index is 5.45. The van der Waals surface area contributed by atoms with E-state index in [0.717, 1.165) is 0 Å². The maximum atomic E-state index is 5.45.